The van der Waals surface area contributed by atoms with Crippen molar-refractivity contribution in [3.05, 3.63) is 40.5 Å². The summed E-state index contributed by atoms with van der Waals surface area (Å²) >= 11 is 0. The Bertz CT molecular complexity index is 1300. The molecule has 0 bridgehead atoms. The van der Waals surface area contributed by atoms with E-state index < -0.39 is 23.6 Å². The number of hydrogen-bond donors (Lipinski definition) is 2. The first kappa shape index (κ1) is 31.5. The van der Waals surface area contributed by atoms with Gasteiger partial charge in [-0.2, -0.15) is 13.2 Å². The summed E-state index contributed by atoms with van der Waals surface area (Å²) in [4.78, 5) is 42.9. The van der Waals surface area contributed by atoms with Gasteiger partial charge >= 0.3 is 12.1 Å². The van der Waals surface area contributed by atoms with E-state index in [9.17, 15) is 27.9 Å². The molecular weight excluding hydrogens is 549 g/mol. The maximum atomic E-state index is 13.7. The molecule has 0 atom stereocenters. The highest BCUT2D eigenvalue weighted by atomic mass is 19.4. The normalized spacial score (nSPS) is 21.0. The number of halogens is 3. The van der Waals surface area contributed by atoms with E-state index in [1.54, 1.807) is 24.8 Å². The summed E-state index contributed by atoms with van der Waals surface area (Å²) in [6.45, 7) is 13.3. The fourth-order valence-corrected chi connectivity index (χ4v) is 6.14. The third-order valence-corrected chi connectivity index (χ3v) is 8.50. The monoisotopic (exact) mass is 590 g/mol. The Balaban J connectivity index is 1.44. The lowest BCUT2D eigenvalue weighted by Gasteiger charge is -2.47. The highest BCUT2D eigenvalue weighted by Crippen LogP contribution is 2.39. The summed E-state index contributed by atoms with van der Waals surface area (Å²) in [5, 5.41) is 12.8. The first-order chi connectivity index (χ1) is 19.6. The quantitative estimate of drug-likeness (QED) is 0.414. The Morgan fingerprint density at radius 3 is 2.33 bits per heavy atom. The molecule has 4 rings (SSSR count). The predicted molar refractivity (Wildman–Crippen MR) is 154 cm³/mol. The lowest BCUT2D eigenvalue weighted by Crippen LogP contribution is -2.61. The van der Waals surface area contributed by atoms with E-state index in [1.807, 2.05) is 27.7 Å². The molecule has 0 aromatic carbocycles. The predicted octanol–water partition coefficient (Wildman–Crippen LogP) is 5.83. The van der Waals surface area contributed by atoms with Gasteiger partial charge in [0.25, 0.3) is 5.91 Å². The van der Waals surface area contributed by atoms with Crippen molar-refractivity contribution in [2.45, 2.75) is 84.9 Å². The van der Waals surface area contributed by atoms with Crippen LogP contribution in [0.3, 0.4) is 0 Å². The molecule has 1 aliphatic carbocycles. The molecule has 3 heterocycles. The Labute approximate surface area is 244 Å². The highest BCUT2D eigenvalue weighted by Gasteiger charge is 2.41. The van der Waals surface area contributed by atoms with E-state index in [1.165, 1.54) is 6.20 Å². The maximum Gasteiger partial charge on any atom is 0.391 e. The molecule has 1 aliphatic heterocycles. The average Bonchev–Trinajstić information content (AvgIpc) is 2.90. The first-order valence-corrected chi connectivity index (χ1v) is 14.5. The van der Waals surface area contributed by atoms with Gasteiger partial charge in [0.05, 0.1) is 34.6 Å². The SMILES string of the molecule is Cc1cc(N2CCN(C(=O)c3cnc(NCC4CCC(C(F)(F)F)CC4)c(C(C)C)n3)C(C)(C)C2)nc(C)c1C(=O)O. The Hall–Kier alpha value is -3.44. The third-order valence-electron chi connectivity index (χ3n) is 8.50. The number of alkyl halides is 3. The van der Waals surface area contributed by atoms with Crippen LogP contribution in [0.4, 0.5) is 24.8 Å². The molecule has 12 heteroatoms. The van der Waals surface area contributed by atoms with Crippen molar-refractivity contribution in [1.29, 1.82) is 0 Å². The van der Waals surface area contributed by atoms with Crippen molar-refractivity contribution in [3.63, 3.8) is 0 Å². The largest absolute Gasteiger partial charge is 0.478 e. The summed E-state index contributed by atoms with van der Waals surface area (Å²) in [6, 6.07) is 1.78. The van der Waals surface area contributed by atoms with Gasteiger partial charge in [0, 0.05) is 26.2 Å². The van der Waals surface area contributed by atoms with Crippen LogP contribution in [-0.2, 0) is 0 Å². The summed E-state index contributed by atoms with van der Waals surface area (Å²) in [6.07, 6.45) is -1.33. The fourth-order valence-electron chi connectivity index (χ4n) is 6.14. The van der Waals surface area contributed by atoms with Gasteiger partial charge in [-0.25, -0.2) is 19.7 Å². The zero-order valence-electron chi connectivity index (χ0n) is 25.2. The van der Waals surface area contributed by atoms with Crippen LogP contribution in [0.25, 0.3) is 0 Å². The molecule has 2 aromatic heterocycles. The van der Waals surface area contributed by atoms with Gasteiger partial charge in [-0.15, -0.1) is 0 Å². The second-order valence-corrected chi connectivity index (χ2v) is 12.5. The number of aromatic nitrogens is 3. The van der Waals surface area contributed by atoms with Crippen molar-refractivity contribution >= 4 is 23.5 Å². The molecule has 42 heavy (non-hydrogen) atoms. The van der Waals surface area contributed by atoms with Crippen molar-refractivity contribution in [3.8, 4) is 0 Å². The molecule has 2 N–H and O–H groups in total. The number of carbonyl (C=O) groups is 2. The molecule has 0 spiro atoms. The van der Waals surface area contributed by atoms with Crippen LogP contribution >= 0.6 is 0 Å². The van der Waals surface area contributed by atoms with Crippen LogP contribution < -0.4 is 10.2 Å². The van der Waals surface area contributed by atoms with Crippen molar-refractivity contribution in [2.75, 3.05) is 36.4 Å². The van der Waals surface area contributed by atoms with E-state index in [0.717, 1.165) is 0 Å². The number of carboxylic acids is 1. The van der Waals surface area contributed by atoms with E-state index in [0.29, 0.717) is 67.6 Å². The topological polar surface area (TPSA) is 112 Å². The zero-order chi connectivity index (χ0) is 31.0. The number of nitrogens with zero attached hydrogens (tertiary/aromatic N) is 5. The lowest BCUT2D eigenvalue weighted by atomic mass is 9.81. The summed E-state index contributed by atoms with van der Waals surface area (Å²) in [7, 11) is 0. The Morgan fingerprint density at radius 2 is 1.79 bits per heavy atom. The molecular formula is C30H41F3N6O3. The number of aromatic carboxylic acids is 1. The van der Waals surface area contributed by atoms with Gasteiger partial charge in [-0.1, -0.05) is 13.8 Å². The minimum Gasteiger partial charge on any atom is -0.478 e. The number of amides is 1. The number of rotatable bonds is 7. The molecule has 1 amide bonds. The second-order valence-electron chi connectivity index (χ2n) is 12.5. The molecule has 0 radical (unpaired) electrons. The maximum absolute atomic E-state index is 13.7. The zero-order valence-corrected chi connectivity index (χ0v) is 25.2. The molecule has 230 valence electrons. The van der Waals surface area contributed by atoms with Gasteiger partial charge in [-0.05, 0) is 76.8 Å². The number of piperazine rings is 1. The third kappa shape index (κ3) is 6.78. The Kier molecular flexibility index (Phi) is 9.03. The average molecular weight is 591 g/mol. The van der Waals surface area contributed by atoms with Crippen LogP contribution in [0.1, 0.15) is 97.1 Å². The van der Waals surface area contributed by atoms with Crippen LogP contribution in [0.15, 0.2) is 12.3 Å². The smallest absolute Gasteiger partial charge is 0.391 e. The van der Waals surface area contributed by atoms with Gasteiger partial charge in [0.2, 0.25) is 0 Å². The Morgan fingerprint density at radius 1 is 1.12 bits per heavy atom. The van der Waals surface area contributed by atoms with Crippen molar-refractivity contribution in [1.82, 2.24) is 19.9 Å². The van der Waals surface area contributed by atoms with E-state index in [4.69, 9.17) is 4.98 Å². The molecule has 2 fully saturated rings. The molecule has 2 aromatic rings. The number of anilines is 2. The van der Waals surface area contributed by atoms with Crippen LogP contribution in [0, 0.1) is 25.7 Å². The molecule has 0 unspecified atom stereocenters. The molecule has 2 aliphatic rings. The van der Waals surface area contributed by atoms with Crippen molar-refractivity contribution < 1.29 is 27.9 Å². The van der Waals surface area contributed by atoms with Crippen LogP contribution in [-0.4, -0.2) is 74.7 Å². The summed E-state index contributed by atoms with van der Waals surface area (Å²) in [5.41, 5.74) is 1.62. The number of nitrogens with one attached hydrogen (secondary N) is 1. The van der Waals surface area contributed by atoms with Gasteiger partial charge in [0.1, 0.15) is 17.3 Å². The van der Waals surface area contributed by atoms with E-state index in [-0.39, 0.29) is 41.8 Å². The van der Waals surface area contributed by atoms with E-state index >= 15 is 0 Å². The summed E-state index contributed by atoms with van der Waals surface area (Å²) in [5.74, 6) is -1.09. The molecule has 1 saturated heterocycles. The number of carbonyl (C=O) groups excluding carboxylic acids is 1. The molecule has 9 nitrogen and oxygen atoms in total. The summed E-state index contributed by atoms with van der Waals surface area (Å²) < 4.78 is 39.1. The number of carboxylic acid groups (broad SMARTS) is 1. The van der Waals surface area contributed by atoms with Gasteiger partial charge in [0.15, 0.2) is 0 Å². The van der Waals surface area contributed by atoms with Crippen molar-refractivity contribution in [2.24, 2.45) is 11.8 Å². The number of pyridine rings is 1. The number of hydrogen-bond acceptors (Lipinski definition) is 7. The van der Waals surface area contributed by atoms with Crippen LogP contribution in [0.2, 0.25) is 0 Å². The standard InChI is InChI=1S/C30H41F3N6O3/c1-17(2)25-26(34-14-20-7-9-21(10-8-20)30(31,32)33)35-15-22(37-25)27(40)39-12-11-38(16-29(39,5)6)23-13-18(3)24(28(41)42)19(4)36-23/h13,15,17,20-21H,7-12,14,16H2,1-6H3,(H,34,35)(H,41,42). The minimum absolute atomic E-state index is 0.0232. The highest BCUT2D eigenvalue weighted by molar-refractivity contribution is 5.93. The number of aryl methyl sites for hydroxylation is 2. The molecule has 1 saturated carbocycles. The van der Waals surface area contributed by atoms with Gasteiger partial charge < -0.3 is 20.2 Å². The first-order valence-electron chi connectivity index (χ1n) is 14.5. The minimum atomic E-state index is -4.12. The van der Waals surface area contributed by atoms with E-state index in [2.05, 4.69) is 20.2 Å². The van der Waals surface area contributed by atoms with Gasteiger partial charge in [-0.3, -0.25) is 4.79 Å². The lowest BCUT2D eigenvalue weighted by molar-refractivity contribution is -0.183. The fraction of sp³-hybridized carbons (Fsp3) is 0.633. The van der Waals surface area contributed by atoms with Crippen LogP contribution in [0.5, 0.6) is 0 Å². The second kappa shape index (κ2) is 12.0.